The highest BCUT2D eigenvalue weighted by Crippen LogP contribution is 2.31. The average Bonchev–Trinajstić information content (AvgIpc) is 2.70. The van der Waals surface area contributed by atoms with Gasteiger partial charge in [-0.25, -0.2) is 0 Å². The number of anilines is 1. The normalized spacial score (nSPS) is 19.1. The van der Waals surface area contributed by atoms with Gasteiger partial charge in [-0.3, -0.25) is 9.59 Å². The van der Waals surface area contributed by atoms with E-state index in [1.165, 1.54) is 12.0 Å². The van der Waals surface area contributed by atoms with Crippen molar-refractivity contribution in [3.05, 3.63) is 22.7 Å². The van der Waals surface area contributed by atoms with Crippen molar-refractivity contribution in [3.63, 3.8) is 0 Å². The molecular formula is C12H12BrNO4. The molecule has 0 spiro atoms. The van der Waals surface area contributed by atoms with Gasteiger partial charge in [-0.05, 0) is 18.6 Å². The number of aliphatic carboxylic acids is 1. The van der Waals surface area contributed by atoms with Crippen molar-refractivity contribution in [1.29, 1.82) is 0 Å². The number of methoxy groups -OCH3 is 1. The summed E-state index contributed by atoms with van der Waals surface area (Å²) in [6.07, 6.45) is 0.336. The van der Waals surface area contributed by atoms with Crippen LogP contribution >= 0.6 is 15.9 Å². The maximum Gasteiger partial charge on any atom is 0.316 e. The molecule has 1 aromatic rings. The minimum atomic E-state index is -1.07. The molecular weight excluding hydrogens is 302 g/mol. The predicted molar refractivity (Wildman–Crippen MR) is 68.8 cm³/mol. The van der Waals surface area contributed by atoms with Crippen LogP contribution in [0.2, 0.25) is 0 Å². The second kappa shape index (κ2) is 4.97. The number of carbonyl (C=O) groups excluding carboxylic acids is 1. The number of nitrogens with zero attached hydrogens (tertiary/aromatic N) is 1. The lowest BCUT2D eigenvalue weighted by Gasteiger charge is -2.17. The molecule has 1 saturated heterocycles. The van der Waals surface area contributed by atoms with Crippen molar-refractivity contribution >= 4 is 33.5 Å². The standard InChI is InChI=1S/C12H12BrNO4/c1-18-9-5-7(13)4-8(6-9)14-3-2-10(11(14)15)12(16)17/h4-6,10H,2-3H2,1H3,(H,16,17). The smallest absolute Gasteiger partial charge is 0.316 e. The van der Waals surface area contributed by atoms with E-state index in [0.717, 1.165) is 4.47 Å². The third-order valence-corrected chi connectivity index (χ3v) is 3.36. The maximum absolute atomic E-state index is 11.9. The Labute approximate surface area is 112 Å². The van der Waals surface area contributed by atoms with Gasteiger partial charge >= 0.3 is 5.97 Å². The fourth-order valence-corrected chi connectivity index (χ4v) is 2.45. The van der Waals surface area contributed by atoms with Crippen LogP contribution in [-0.2, 0) is 9.59 Å². The van der Waals surface area contributed by atoms with Crippen LogP contribution in [0.4, 0.5) is 5.69 Å². The summed E-state index contributed by atoms with van der Waals surface area (Å²) in [6.45, 7) is 0.412. The van der Waals surface area contributed by atoms with Crippen molar-refractivity contribution in [2.45, 2.75) is 6.42 Å². The zero-order valence-corrected chi connectivity index (χ0v) is 11.3. The molecule has 96 valence electrons. The van der Waals surface area contributed by atoms with Crippen molar-refractivity contribution in [1.82, 2.24) is 0 Å². The Hall–Kier alpha value is -1.56. The fraction of sp³-hybridized carbons (Fsp3) is 0.333. The Morgan fingerprint density at radius 2 is 2.22 bits per heavy atom. The van der Waals surface area contributed by atoms with Crippen molar-refractivity contribution < 1.29 is 19.4 Å². The molecule has 0 aliphatic carbocycles. The molecule has 1 fully saturated rings. The van der Waals surface area contributed by atoms with Gasteiger partial charge in [0, 0.05) is 22.8 Å². The topological polar surface area (TPSA) is 66.8 Å². The summed E-state index contributed by atoms with van der Waals surface area (Å²) in [6, 6.07) is 5.26. The lowest BCUT2D eigenvalue weighted by Crippen LogP contribution is -2.30. The highest BCUT2D eigenvalue weighted by atomic mass is 79.9. The first-order valence-electron chi connectivity index (χ1n) is 5.41. The first-order valence-corrected chi connectivity index (χ1v) is 6.21. The lowest BCUT2D eigenvalue weighted by molar-refractivity contribution is -0.144. The molecule has 6 heteroatoms. The quantitative estimate of drug-likeness (QED) is 0.865. The van der Waals surface area contributed by atoms with Gasteiger partial charge in [-0.15, -0.1) is 0 Å². The van der Waals surface area contributed by atoms with Crippen LogP contribution in [0.1, 0.15) is 6.42 Å². The summed E-state index contributed by atoms with van der Waals surface area (Å²) in [5.41, 5.74) is 0.648. The molecule has 2 rings (SSSR count). The predicted octanol–water partition coefficient (Wildman–Crippen LogP) is 1.90. The second-order valence-corrected chi connectivity index (χ2v) is 4.93. The number of rotatable bonds is 3. The van der Waals surface area contributed by atoms with E-state index in [1.54, 1.807) is 18.2 Å². The lowest BCUT2D eigenvalue weighted by atomic mass is 10.1. The van der Waals surface area contributed by atoms with Gasteiger partial charge in [0.25, 0.3) is 0 Å². The van der Waals surface area contributed by atoms with E-state index in [4.69, 9.17) is 9.84 Å². The first kappa shape index (κ1) is 12.9. The number of carbonyl (C=O) groups is 2. The molecule has 1 aromatic carbocycles. The van der Waals surface area contributed by atoms with Crippen LogP contribution in [0.3, 0.4) is 0 Å². The largest absolute Gasteiger partial charge is 0.497 e. The van der Waals surface area contributed by atoms with E-state index in [9.17, 15) is 9.59 Å². The first-order chi connectivity index (χ1) is 8.52. The molecule has 0 bridgehead atoms. The number of carboxylic acid groups (broad SMARTS) is 1. The van der Waals surface area contributed by atoms with Gasteiger partial charge in [0.1, 0.15) is 11.7 Å². The SMILES string of the molecule is COc1cc(Br)cc(N2CCC(C(=O)O)C2=O)c1. The van der Waals surface area contributed by atoms with Crippen LogP contribution in [0.25, 0.3) is 0 Å². The zero-order chi connectivity index (χ0) is 13.3. The van der Waals surface area contributed by atoms with Gasteiger partial charge in [-0.1, -0.05) is 15.9 Å². The fourth-order valence-electron chi connectivity index (χ4n) is 1.99. The minimum absolute atomic E-state index is 0.336. The molecule has 5 nitrogen and oxygen atoms in total. The summed E-state index contributed by atoms with van der Waals surface area (Å²) in [7, 11) is 1.54. The van der Waals surface area contributed by atoms with Crippen LogP contribution < -0.4 is 9.64 Å². The molecule has 1 amide bonds. The second-order valence-electron chi connectivity index (χ2n) is 4.02. The van der Waals surface area contributed by atoms with E-state index in [2.05, 4.69) is 15.9 Å². The number of amides is 1. The van der Waals surface area contributed by atoms with E-state index in [-0.39, 0.29) is 5.91 Å². The number of hydrogen-bond acceptors (Lipinski definition) is 3. The van der Waals surface area contributed by atoms with Crippen LogP contribution in [0.15, 0.2) is 22.7 Å². The number of ether oxygens (including phenoxy) is 1. The summed E-state index contributed by atoms with van der Waals surface area (Å²) in [5.74, 6) is -1.76. The number of carboxylic acids is 1. The summed E-state index contributed by atoms with van der Waals surface area (Å²) in [4.78, 5) is 24.3. The van der Waals surface area contributed by atoms with Crippen molar-refractivity contribution in [2.24, 2.45) is 5.92 Å². The zero-order valence-electron chi connectivity index (χ0n) is 9.72. The average molecular weight is 314 g/mol. The van der Waals surface area contributed by atoms with E-state index in [1.807, 2.05) is 0 Å². The van der Waals surface area contributed by atoms with Crippen molar-refractivity contribution in [2.75, 3.05) is 18.6 Å². The molecule has 1 heterocycles. The molecule has 0 aromatic heterocycles. The van der Waals surface area contributed by atoms with Gasteiger partial charge in [0.05, 0.1) is 7.11 Å². The Balaban J connectivity index is 2.30. The summed E-state index contributed by atoms with van der Waals surface area (Å²) in [5, 5.41) is 8.92. The summed E-state index contributed by atoms with van der Waals surface area (Å²) < 4.78 is 5.90. The molecule has 18 heavy (non-hydrogen) atoms. The van der Waals surface area contributed by atoms with Crippen LogP contribution in [-0.4, -0.2) is 30.6 Å². The molecule has 1 aliphatic heterocycles. The highest BCUT2D eigenvalue weighted by molar-refractivity contribution is 9.10. The molecule has 1 N–H and O–H groups in total. The third kappa shape index (κ3) is 2.33. The van der Waals surface area contributed by atoms with E-state index >= 15 is 0 Å². The minimum Gasteiger partial charge on any atom is -0.497 e. The molecule has 1 aliphatic rings. The number of hydrogen-bond donors (Lipinski definition) is 1. The Morgan fingerprint density at radius 1 is 1.50 bits per heavy atom. The van der Waals surface area contributed by atoms with Gasteiger partial charge in [0.15, 0.2) is 0 Å². The van der Waals surface area contributed by atoms with E-state index < -0.39 is 11.9 Å². The number of halogens is 1. The summed E-state index contributed by atoms with van der Waals surface area (Å²) >= 11 is 3.33. The van der Waals surface area contributed by atoms with E-state index in [0.29, 0.717) is 24.4 Å². The molecule has 1 unspecified atom stereocenters. The Bertz CT molecular complexity index is 503. The van der Waals surface area contributed by atoms with Gasteiger partial charge < -0.3 is 14.7 Å². The molecule has 0 saturated carbocycles. The maximum atomic E-state index is 11.9. The Kier molecular flexibility index (Phi) is 3.56. The van der Waals surface area contributed by atoms with Crippen LogP contribution in [0.5, 0.6) is 5.75 Å². The third-order valence-electron chi connectivity index (χ3n) is 2.91. The molecule has 1 atom stereocenters. The monoisotopic (exact) mass is 313 g/mol. The van der Waals surface area contributed by atoms with Gasteiger partial charge in [-0.2, -0.15) is 0 Å². The van der Waals surface area contributed by atoms with Crippen molar-refractivity contribution in [3.8, 4) is 5.75 Å². The van der Waals surface area contributed by atoms with Gasteiger partial charge in [0.2, 0.25) is 5.91 Å². The molecule has 0 radical (unpaired) electrons. The van der Waals surface area contributed by atoms with Crippen LogP contribution in [0, 0.1) is 5.92 Å². The number of benzene rings is 1. The Morgan fingerprint density at radius 3 is 2.78 bits per heavy atom. The highest BCUT2D eigenvalue weighted by Gasteiger charge is 2.37.